The van der Waals surface area contributed by atoms with E-state index in [0.717, 1.165) is 36.8 Å². The van der Waals surface area contributed by atoms with E-state index < -0.39 is 11.7 Å². The van der Waals surface area contributed by atoms with Crippen molar-refractivity contribution in [3.8, 4) is 5.75 Å². The molecule has 1 unspecified atom stereocenters. The largest absolute Gasteiger partial charge is 0.487 e. The van der Waals surface area contributed by atoms with E-state index in [1.165, 1.54) is 0 Å². The van der Waals surface area contributed by atoms with Crippen LogP contribution < -0.4 is 4.74 Å². The van der Waals surface area contributed by atoms with Gasteiger partial charge in [0.05, 0.1) is 11.3 Å². The molecule has 1 saturated heterocycles. The van der Waals surface area contributed by atoms with Crippen molar-refractivity contribution in [1.29, 1.82) is 0 Å². The van der Waals surface area contributed by atoms with Crippen molar-refractivity contribution in [3.05, 3.63) is 64.8 Å². The number of ether oxygens (including phenoxy) is 1. The highest BCUT2D eigenvalue weighted by molar-refractivity contribution is 6.45. The van der Waals surface area contributed by atoms with Gasteiger partial charge in [0.1, 0.15) is 12.4 Å². The Morgan fingerprint density at radius 3 is 2.56 bits per heavy atom. The Kier molecular flexibility index (Phi) is 6.53. The molecule has 4 rings (SSSR count). The van der Waals surface area contributed by atoms with Crippen molar-refractivity contribution in [2.24, 2.45) is 7.05 Å². The fraction of sp³-hybridized carbons (Fsp3) is 0.360. The van der Waals surface area contributed by atoms with Crippen molar-refractivity contribution < 1.29 is 14.3 Å². The molecule has 0 bridgehead atoms. The van der Waals surface area contributed by atoms with E-state index in [4.69, 9.17) is 16.3 Å². The van der Waals surface area contributed by atoms with E-state index in [1.807, 2.05) is 42.9 Å². The Morgan fingerprint density at radius 2 is 1.84 bits per heavy atom. The van der Waals surface area contributed by atoms with Crippen LogP contribution in [0.4, 0.5) is 0 Å². The monoisotopic (exact) mass is 453 g/mol. The summed E-state index contributed by atoms with van der Waals surface area (Å²) in [4.78, 5) is 30.6. The molecule has 1 aliphatic heterocycles. The number of carbonyl (C=O) groups is 2. The molecule has 0 aliphatic carbocycles. The third-order valence-electron chi connectivity index (χ3n) is 6.31. The number of benzene rings is 2. The zero-order chi connectivity index (χ0) is 22.8. The average molecular weight is 454 g/mol. The fourth-order valence-electron chi connectivity index (χ4n) is 4.44. The van der Waals surface area contributed by atoms with Crippen LogP contribution in [0.5, 0.6) is 5.75 Å². The molecule has 2 aromatic carbocycles. The number of hydrogen-bond donors (Lipinski definition) is 0. The summed E-state index contributed by atoms with van der Waals surface area (Å²) in [6.07, 6.45) is 1.92. The number of aryl methyl sites for hydroxylation is 1. The van der Waals surface area contributed by atoms with E-state index in [9.17, 15) is 9.59 Å². The second-order valence-electron chi connectivity index (χ2n) is 8.44. The van der Waals surface area contributed by atoms with Crippen molar-refractivity contribution in [2.75, 3.05) is 27.2 Å². The quantitative estimate of drug-likeness (QED) is 0.415. The predicted molar refractivity (Wildman–Crippen MR) is 126 cm³/mol. The van der Waals surface area contributed by atoms with Gasteiger partial charge in [-0.05, 0) is 56.8 Å². The first-order valence-corrected chi connectivity index (χ1v) is 11.2. The number of rotatable bonds is 6. The molecule has 3 aromatic rings. The van der Waals surface area contributed by atoms with Crippen molar-refractivity contribution >= 4 is 34.2 Å². The average Bonchev–Trinajstić information content (AvgIpc) is 3.09. The molecule has 1 aliphatic rings. The lowest BCUT2D eigenvalue weighted by molar-refractivity contribution is -0.128. The maximum absolute atomic E-state index is 13.5. The summed E-state index contributed by atoms with van der Waals surface area (Å²) in [6.45, 7) is 1.95. The highest BCUT2D eigenvalue weighted by Crippen LogP contribution is 2.28. The number of hydrogen-bond acceptors (Lipinski definition) is 4. The highest BCUT2D eigenvalue weighted by atomic mass is 35.5. The molecule has 1 aromatic heterocycles. The van der Waals surface area contributed by atoms with Gasteiger partial charge in [0, 0.05) is 42.6 Å². The standard InChI is InChI=1S/C25H28ClN3O3/c1-27-14-6-7-18(15-27)28(2)25(31)24(30)23-20-8-4-5-9-21(20)29(3)22(23)16-32-19-12-10-17(26)11-13-19/h4-5,8-13,18H,6-7,14-16H2,1-3H3. The smallest absolute Gasteiger partial charge is 0.295 e. The van der Waals surface area contributed by atoms with Gasteiger partial charge in [0.25, 0.3) is 11.7 Å². The fourth-order valence-corrected chi connectivity index (χ4v) is 4.57. The molecule has 2 heterocycles. The second kappa shape index (κ2) is 9.35. The summed E-state index contributed by atoms with van der Waals surface area (Å²) in [5, 5.41) is 1.39. The van der Waals surface area contributed by atoms with Crippen LogP contribution in [0.25, 0.3) is 10.9 Å². The number of aromatic nitrogens is 1. The molecule has 6 nitrogen and oxygen atoms in total. The number of fused-ring (bicyclic) bond motifs is 1. The predicted octanol–water partition coefficient (Wildman–Crippen LogP) is 4.15. The van der Waals surface area contributed by atoms with Crippen LogP contribution >= 0.6 is 11.6 Å². The maximum Gasteiger partial charge on any atom is 0.295 e. The van der Waals surface area contributed by atoms with Crippen LogP contribution in [-0.4, -0.2) is 59.3 Å². The first-order valence-electron chi connectivity index (χ1n) is 10.8. The summed E-state index contributed by atoms with van der Waals surface area (Å²) in [5.74, 6) is -0.326. The molecule has 1 fully saturated rings. The number of nitrogens with zero attached hydrogens (tertiary/aromatic N) is 3. The molecule has 1 amide bonds. The third-order valence-corrected chi connectivity index (χ3v) is 6.56. The van der Waals surface area contributed by atoms with Crippen LogP contribution in [-0.2, 0) is 18.4 Å². The first kappa shape index (κ1) is 22.4. The van der Waals surface area contributed by atoms with Gasteiger partial charge in [-0.1, -0.05) is 29.8 Å². The van der Waals surface area contributed by atoms with Crippen molar-refractivity contribution in [2.45, 2.75) is 25.5 Å². The molecule has 0 saturated carbocycles. The van der Waals surface area contributed by atoms with Gasteiger partial charge in [-0.15, -0.1) is 0 Å². The number of Topliss-reactive ketones (excluding diaryl/α,β-unsaturated/α-hetero) is 1. The van der Waals surface area contributed by atoms with Crippen LogP contribution in [0, 0.1) is 0 Å². The van der Waals surface area contributed by atoms with E-state index >= 15 is 0 Å². The Hall–Kier alpha value is -2.83. The molecule has 0 spiro atoms. The Labute approximate surface area is 193 Å². The van der Waals surface area contributed by atoms with Gasteiger partial charge < -0.3 is 19.1 Å². The lowest BCUT2D eigenvalue weighted by Gasteiger charge is -2.35. The number of piperidine rings is 1. The van der Waals surface area contributed by atoms with E-state index in [1.54, 1.807) is 36.2 Å². The normalized spacial score (nSPS) is 16.8. The van der Waals surface area contributed by atoms with Gasteiger partial charge >= 0.3 is 0 Å². The minimum Gasteiger partial charge on any atom is -0.487 e. The summed E-state index contributed by atoms with van der Waals surface area (Å²) in [5.41, 5.74) is 1.98. The number of halogens is 1. The third kappa shape index (κ3) is 4.38. The summed E-state index contributed by atoms with van der Waals surface area (Å²) >= 11 is 5.96. The summed E-state index contributed by atoms with van der Waals surface area (Å²) < 4.78 is 7.89. The number of para-hydroxylation sites is 1. The Bertz CT molecular complexity index is 1140. The highest BCUT2D eigenvalue weighted by Gasteiger charge is 2.32. The molecule has 0 radical (unpaired) electrons. The number of carbonyl (C=O) groups excluding carboxylic acids is 2. The summed E-state index contributed by atoms with van der Waals surface area (Å²) in [7, 11) is 5.67. The molecular weight excluding hydrogens is 426 g/mol. The van der Waals surface area contributed by atoms with Gasteiger partial charge in [-0.3, -0.25) is 9.59 Å². The topological polar surface area (TPSA) is 54.8 Å². The molecule has 168 valence electrons. The number of likely N-dealkylation sites (tertiary alicyclic amines) is 1. The summed E-state index contributed by atoms with van der Waals surface area (Å²) in [6, 6.07) is 14.7. The Balaban J connectivity index is 1.65. The van der Waals surface area contributed by atoms with Gasteiger partial charge in [0.2, 0.25) is 0 Å². The van der Waals surface area contributed by atoms with Crippen LogP contribution in [0.1, 0.15) is 28.9 Å². The second-order valence-corrected chi connectivity index (χ2v) is 8.88. The van der Waals surface area contributed by atoms with E-state index in [2.05, 4.69) is 4.90 Å². The first-order chi connectivity index (χ1) is 15.4. The molecule has 32 heavy (non-hydrogen) atoms. The molecule has 7 heteroatoms. The van der Waals surface area contributed by atoms with Crippen molar-refractivity contribution in [3.63, 3.8) is 0 Å². The van der Waals surface area contributed by atoms with Gasteiger partial charge in [0.15, 0.2) is 0 Å². The van der Waals surface area contributed by atoms with Gasteiger partial charge in [-0.25, -0.2) is 0 Å². The van der Waals surface area contributed by atoms with Crippen LogP contribution in [0.2, 0.25) is 5.02 Å². The molecular formula is C25H28ClN3O3. The van der Waals surface area contributed by atoms with E-state index in [-0.39, 0.29) is 12.6 Å². The van der Waals surface area contributed by atoms with Crippen LogP contribution in [0.3, 0.4) is 0 Å². The number of likely N-dealkylation sites (N-methyl/N-ethyl adjacent to an activating group) is 2. The number of amides is 1. The number of ketones is 1. The molecule has 1 atom stereocenters. The minimum absolute atomic E-state index is 0.0361. The van der Waals surface area contributed by atoms with Crippen LogP contribution in [0.15, 0.2) is 48.5 Å². The molecule has 0 N–H and O–H groups in total. The van der Waals surface area contributed by atoms with Gasteiger partial charge in [-0.2, -0.15) is 0 Å². The maximum atomic E-state index is 13.5. The zero-order valence-corrected chi connectivity index (χ0v) is 19.4. The minimum atomic E-state index is -0.493. The lowest BCUT2D eigenvalue weighted by atomic mass is 10.0. The van der Waals surface area contributed by atoms with Crippen molar-refractivity contribution in [1.82, 2.24) is 14.4 Å². The SMILES string of the molecule is CN1CCCC(N(C)C(=O)C(=O)c2c(COc3ccc(Cl)cc3)n(C)c3ccccc23)C1. The lowest BCUT2D eigenvalue weighted by Crippen LogP contribution is -2.49. The van der Waals surface area contributed by atoms with E-state index in [0.29, 0.717) is 22.0 Å². The zero-order valence-electron chi connectivity index (χ0n) is 18.7. The Morgan fingerprint density at radius 1 is 1.12 bits per heavy atom.